The molecule has 0 radical (unpaired) electrons. The van der Waals surface area contributed by atoms with Crippen molar-refractivity contribution in [2.45, 2.75) is 18.5 Å². The number of pyridine rings is 1. The minimum Gasteiger partial charge on any atom is -0.393 e. The smallest absolute Gasteiger partial charge is 0.311 e. The number of alkyl halides is 1. The molecule has 2 fully saturated rings. The van der Waals surface area contributed by atoms with Crippen molar-refractivity contribution >= 4 is 28.7 Å². The first kappa shape index (κ1) is 21.3. The van der Waals surface area contributed by atoms with Crippen LogP contribution >= 0.6 is 0 Å². The van der Waals surface area contributed by atoms with Crippen molar-refractivity contribution in [1.82, 2.24) is 10.3 Å². The van der Waals surface area contributed by atoms with E-state index in [0.717, 1.165) is 38.4 Å². The molecule has 0 saturated carbocycles. The number of piperidine rings is 1. The van der Waals surface area contributed by atoms with Gasteiger partial charge in [-0.25, -0.2) is 9.37 Å². The van der Waals surface area contributed by atoms with Crippen molar-refractivity contribution in [2.75, 3.05) is 61.0 Å². The topological polar surface area (TPSA) is 107 Å². The third-order valence-corrected chi connectivity index (χ3v) is 5.80. The van der Waals surface area contributed by atoms with Crippen LogP contribution in [-0.4, -0.2) is 66.6 Å². The Labute approximate surface area is 180 Å². The van der Waals surface area contributed by atoms with Crippen LogP contribution in [0.15, 0.2) is 36.4 Å². The number of hydrogen-bond donors (Lipinski definition) is 3. The molecule has 4 rings (SSSR count). The van der Waals surface area contributed by atoms with E-state index in [0.29, 0.717) is 24.3 Å². The molecule has 1 aromatic carbocycles. The number of aliphatic hydroxyl groups excluding tert-OH is 1. The van der Waals surface area contributed by atoms with E-state index in [1.807, 2.05) is 17.0 Å². The Bertz CT molecular complexity index is 922. The molecule has 1 atom stereocenters. The average molecular weight is 430 g/mol. The molecular weight excluding hydrogens is 403 g/mol. The third-order valence-electron chi connectivity index (χ3n) is 5.80. The molecule has 9 nitrogen and oxygen atoms in total. The van der Waals surface area contributed by atoms with Gasteiger partial charge in [-0.3, -0.25) is 10.1 Å². The second-order valence-electron chi connectivity index (χ2n) is 8.04. The van der Waals surface area contributed by atoms with Gasteiger partial charge in [0, 0.05) is 50.2 Å². The molecule has 166 valence electrons. The SMILES string of the molecule is O=[N+]([O-])c1ccc(N2CCNCC2)nc1Nc1ccc(N2CCCC(F)(CO)C2)cc1. The lowest BCUT2D eigenvalue weighted by molar-refractivity contribution is -0.384. The first-order chi connectivity index (χ1) is 15.0. The zero-order chi connectivity index (χ0) is 21.8. The molecule has 0 amide bonds. The number of rotatable bonds is 6. The summed E-state index contributed by atoms with van der Waals surface area (Å²) >= 11 is 0. The van der Waals surface area contributed by atoms with Gasteiger partial charge >= 0.3 is 5.69 Å². The molecule has 31 heavy (non-hydrogen) atoms. The summed E-state index contributed by atoms with van der Waals surface area (Å²) in [6.07, 6.45) is 1.03. The number of halogens is 1. The molecule has 1 unspecified atom stereocenters. The fraction of sp³-hybridized carbons (Fsp3) is 0.476. The number of nitro groups is 1. The van der Waals surface area contributed by atoms with Crippen molar-refractivity contribution in [1.29, 1.82) is 0 Å². The largest absolute Gasteiger partial charge is 0.393 e. The number of aromatic nitrogens is 1. The van der Waals surface area contributed by atoms with Crippen molar-refractivity contribution in [3.8, 4) is 0 Å². The first-order valence-corrected chi connectivity index (χ1v) is 10.5. The monoisotopic (exact) mass is 430 g/mol. The van der Waals surface area contributed by atoms with Crippen LogP contribution in [0, 0.1) is 10.1 Å². The maximum Gasteiger partial charge on any atom is 0.311 e. The standard InChI is InChI=1S/C21H27FN6O3/c22-21(15-29)8-1-11-27(14-21)17-4-2-16(3-5-17)24-20-18(28(30)31)6-7-19(25-20)26-12-9-23-10-13-26/h2-7,23,29H,1,8-15H2,(H,24,25). The summed E-state index contributed by atoms with van der Waals surface area (Å²) in [4.78, 5) is 19.6. The van der Waals surface area contributed by atoms with E-state index in [-0.39, 0.29) is 18.1 Å². The zero-order valence-electron chi connectivity index (χ0n) is 17.3. The summed E-state index contributed by atoms with van der Waals surface area (Å²) < 4.78 is 14.5. The summed E-state index contributed by atoms with van der Waals surface area (Å²) in [5.41, 5.74) is -0.172. The fourth-order valence-electron chi connectivity index (χ4n) is 4.08. The molecular formula is C21H27FN6O3. The highest BCUT2D eigenvalue weighted by Gasteiger charge is 2.35. The van der Waals surface area contributed by atoms with Gasteiger partial charge in [0.2, 0.25) is 5.82 Å². The van der Waals surface area contributed by atoms with Gasteiger partial charge in [0.15, 0.2) is 5.67 Å². The van der Waals surface area contributed by atoms with Crippen molar-refractivity contribution in [3.63, 3.8) is 0 Å². The van der Waals surface area contributed by atoms with Crippen molar-refractivity contribution in [3.05, 3.63) is 46.5 Å². The average Bonchev–Trinajstić information content (AvgIpc) is 2.80. The van der Waals surface area contributed by atoms with Gasteiger partial charge in [-0.1, -0.05) is 0 Å². The Balaban J connectivity index is 1.52. The molecule has 3 heterocycles. The van der Waals surface area contributed by atoms with Gasteiger partial charge in [-0.2, -0.15) is 0 Å². The van der Waals surface area contributed by atoms with Crippen LogP contribution in [0.5, 0.6) is 0 Å². The van der Waals surface area contributed by atoms with Gasteiger partial charge in [0.25, 0.3) is 0 Å². The maximum absolute atomic E-state index is 14.5. The summed E-state index contributed by atoms with van der Waals surface area (Å²) in [6.45, 7) is 3.65. The van der Waals surface area contributed by atoms with E-state index >= 15 is 0 Å². The predicted molar refractivity (Wildman–Crippen MR) is 118 cm³/mol. The Morgan fingerprint density at radius 3 is 2.58 bits per heavy atom. The fourth-order valence-corrected chi connectivity index (χ4v) is 4.08. The number of anilines is 4. The molecule has 2 saturated heterocycles. The van der Waals surface area contributed by atoms with Gasteiger partial charge in [-0.05, 0) is 43.2 Å². The number of aliphatic hydroxyl groups is 1. The van der Waals surface area contributed by atoms with Crippen LogP contribution in [0.4, 0.5) is 33.1 Å². The third kappa shape index (κ3) is 4.86. The number of benzene rings is 1. The molecule has 2 aromatic rings. The normalized spacial score (nSPS) is 21.7. The lowest BCUT2D eigenvalue weighted by Crippen LogP contribution is -2.47. The first-order valence-electron chi connectivity index (χ1n) is 10.5. The second kappa shape index (κ2) is 9.03. The lowest BCUT2D eigenvalue weighted by Gasteiger charge is -2.37. The number of piperazine rings is 1. The highest BCUT2D eigenvalue weighted by molar-refractivity contribution is 5.69. The summed E-state index contributed by atoms with van der Waals surface area (Å²) in [5.74, 6) is 0.887. The van der Waals surface area contributed by atoms with E-state index in [4.69, 9.17) is 0 Å². The van der Waals surface area contributed by atoms with E-state index in [1.165, 1.54) is 6.07 Å². The number of nitrogens with zero attached hydrogens (tertiary/aromatic N) is 4. The van der Waals surface area contributed by atoms with Crippen molar-refractivity contribution in [2.24, 2.45) is 0 Å². The highest BCUT2D eigenvalue weighted by atomic mass is 19.1. The number of hydrogen-bond acceptors (Lipinski definition) is 8. The zero-order valence-corrected chi connectivity index (χ0v) is 17.3. The van der Waals surface area contributed by atoms with E-state index in [9.17, 15) is 19.6 Å². The van der Waals surface area contributed by atoms with E-state index in [2.05, 4.69) is 20.5 Å². The molecule has 2 aliphatic rings. The van der Waals surface area contributed by atoms with Crippen LogP contribution in [-0.2, 0) is 0 Å². The van der Waals surface area contributed by atoms with Crippen LogP contribution in [0.1, 0.15) is 12.8 Å². The Kier molecular flexibility index (Phi) is 6.19. The Hall–Kier alpha value is -2.98. The molecule has 0 spiro atoms. The molecule has 0 aliphatic carbocycles. The van der Waals surface area contributed by atoms with Gasteiger partial charge in [0.05, 0.1) is 18.1 Å². The van der Waals surface area contributed by atoms with E-state index in [1.54, 1.807) is 18.2 Å². The lowest BCUT2D eigenvalue weighted by atomic mass is 9.95. The molecule has 3 N–H and O–H groups in total. The van der Waals surface area contributed by atoms with Crippen LogP contribution in [0.2, 0.25) is 0 Å². The molecule has 2 aliphatic heterocycles. The van der Waals surface area contributed by atoms with Crippen LogP contribution in [0.25, 0.3) is 0 Å². The van der Waals surface area contributed by atoms with Gasteiger partial charge in [-0.15, -0.1) is 0 Å². The minimum absolute atomic E-state index is 0.0934. The van der Waals surface area contributed by atoms with Crippen molar-refractivity contribution < 1.29 is 14.4 Å². The predicted octanol–water partition coefficient (Wildman–Crippen LogP) is 2.44. The number of nitrogens with one attached hydrogen (secondary N) is 2. The Morgan fingerprint density at radius 2 is 1.90 bits per heavy atom. The molecule has 10 heteroatoms. The highest BCUT2D eigenvalue weighted by Crippen LogP contribution is 2.32. The maximum atomic E-state index is 14.5. The molecule has 1 aromatic heterocycles. The van der Waals surface area contributed by atoms with Crippen LogP contribution in [0.3, 0.4) is 0 Å². The molecule has 0 bridgehead atoms. The Morgan fingerprint density at radius 1 is 1.16 bits per heavy atom. The summed E-state index contributed by atoms with van der Waals surface area (Å²) in [7, 11) is 0. The van der Waals surface area contributed by atoms with Gasteiger partial charge < -0.3 is 25.5 Å². The quantitative estimate of drug-likeness (QED) is 0.474. The van der Waals surface area contributed by atoms with Gasteiger partial charge in [0.1, 0.15) is 5.82 Å². The van der Waals surface area contributed by atoms with E-state index < -0.39 is 17.2 Å². The minimum atomic E-state index is -1.58. The summed E-state index contributed by atoms with van der Waals surface area (Å²) in [6, 6.07) is 10.4. The second-order valence-corrected chi connectivity index (χ2v) is 8.04. The summed E-state index contributed by atoms with van der Waals surface area (Å²) in [5, 5.41) is 27.2. The van der Waals surface area contributed by atoms with Crippen LogP contribution < -0.4 is 20.4 Å².